The third-order valence-electron chi connectivity index (χ3n) is 2.86. The number of hydrogen-bond donors (Lipinski definition) is 2. The third kappa shape index (κ3) is 4.87. The molecule has 0 unspecified atom stereocenters. The second-order valence-corrected chi connectivity index (χ2v) is 6.91. The molecule has 1 amide bonds. The van der Waals surface area contributed by atoms with E-state index >= 15 is 0 Å². The molecule has 0 saturated heterocycles. The van der Waals surface area contributed by atoms with E-state index in [0.717, 1.165) is 6.26 Å². The fourth-order valence-electron chi connectivity index (χ4n) is 1.85. The summed E-state index contributed by atoms with van der Waals surface area (Å²) in [7, 11) is -1.85. The Balaban J connectivity index is 2.15. The van der Waals surface area contributed by atoms with Gasteiger partial charge in [-0.3, -0.25) is 9.52 Å². The highest BCUT2D eigenvalue weighted by atomic mass is 35.5. The molecule has 8 heteroatoms. The molecule has 2 rings (SSSR count). The molecule has 0 aliphatic heterocycles. The van der Waals surface area contributed by atoms with E-state index in [4.69, 9.17) is 16.3 Å². The van der Waals surface area contributed by atoms with Crippen LogP contribution in [0, 0.1) is 0 Å². The van der Waals surface area contributed by atoms with Gasteiger partial charge in [-0.15, -0.1) is 0 Å². The molecule has 0 aliphatic rings. The lowest BCUT2D eigenvalue weighted by Gasteiger charge is -2.09. The second-order valence-electron chi connectivity index (χ2n) is 4.75. The zero-order chi connectivity index (χ0) is 17.0. The lowest BCUT2D eigenvalue weighted by Crippen LogP contribution is -2.13. The van der Waals surface area contributed by atoms with Crippen LogP contribution in [0.2, 0.25) is 5.02 Å². The predicted octanol–water partition coefficient (Wildman–Crippen LogP) is 2.97. The zero-order valence-corrected chi connectivity index (χ0v) is 14.0. The van der Waals surface area contributed by atoms with Crippen LogP contribution >= 0.6 is 11.6 Å². The molecule has 0 aromatic heterocycles. The maximum atomic E-state index is 12.2. The highest BCUT2D eigenvalue weighted by Crippen LogP contribution is 2.23. The number of ether oxygens (including phenoxy) is 1. The van der Waals surface area contributed by atoms with Crippen LogP contribution in [0.5, 0.6) is 5.75 Å². The first-order valence-electron chi connectivity index (χ1n) is 6.51. The number of anilines is 2. The maximum absolute atomic E-state index is 12.2. The smallest absolute Gasteiger partial charge is 0.257 e. The van der Waals surface area contributed by atoms with Gasteiger partial charge in [-0.2, -0.15) is 0 Å². The van der Waals surface area contributed by atoms with Gasteiger partial charge >= 0.3 is 0 Å². The Hall–Kier alpha value is -2.25. The van der Waals surface area contributed by atoms with E-state index in [1.165, 1.54) is 18.2 Å². The fourth-order valence-corrected chi connectivity index (χ4v) is 2.67. The molecule has 0 atom stereocenters. The minimum atomic E-state index is -3.40. The molecule has 2 N–H and O–H groups in total. The quantitative estimate of drug-likeness (QED) is 0.864. The van der Waals surface area contributed by atoms with Gasteiger partial charge in [0.05, 0.1) is 24.0 Å². The lowest BCUT2D eigenvalue weighted by molar-refractivity contribution is 0.102. The standard InChI is InChI=1S/C15H15ClN2O4S/c1-22-12-6-3-10(4-7-12)17-15(19)13-8-5-11(9-14(13)16)18-23(2,20)21/h3-9,18H,1-2H3,(H,17,19). The van der Waals surface area contributed by atoms with Crippen molar-refractivity contribution in [3.05, 3.63) is 53.1 Å². The van der Waals surface area contributed by atoms with Crippen LogP contribution in [0.1, 0.15) is 10.4 Å². The summed E-state index contributed by atoms with van der Waals surface area (Å²) >= 11 is 6.05. The van der Waals surface area contributed by atoms with Crippen LogP contribution in [0.3, 0.4) is 0 Å². The monoisotopic (exact) mass is 354 g/mol. The van der Waals surface area contributed by atoms with Gasteiger partial charge in [-0.1, -0.05) is 11.6 Å². The third-order valence-corrected chi connectivity index (χ3v) is 3.78. The van der Waals surface area contributed by atoms with E-state index in [2.05, 4.69) is 10.0 Å². The van der Waals surface area contributed by atoms with Gasteiger partial charge in [0.2, 0.25) is 10.0 Å². The number of hydrogen-bond acceptors (Lipinski definition) is 4. The van der Waals surface area contributed by atoms with Gasteiger partial charge in [0, 0.05) is 11.4 Å². The summed E-state index contributed by atoms with van der Waals surface area (Å²) in [6, 6.07) is 11.1. The van der Waals surface area contributed by atoms with E-state index in [1.54, 1.807) is 31.4 Å². The number of carbonyl (C=O) groups excluding carboxylic acids is 1. The summed E-state index contributed by atoms with van der Waals surface area (Å²) in [5.74, 6) is 0.281. The number of methoxy groups -OCH3 is 1. The molecule has 122 valence electrons. The highest BCUT2D eigenvalue weighted by molar-refractivity contribution is 7.92. The average Bonchev–Trinajstić information content (AvgIpc) is 2.46. The highest BCUT2D eigenvalue weighted by Gasteiger charge is 2.12. The fraction of sp³-hybridized carbons (Fsp3) is 0.133. The van der Waals surface area contributed by atoms with Crippen molar-refractivity contribution < 1.29 is 17.9 Å². The molecule has 23 heavy (non-hydrogen) atoms. The predicted molar refractivity (Wildman–Crippen MR) is 90.9 cm³/mol. The molecule has 6 nitrogen and oxygen atoms in total. The van der Waals surface area contributed by atoms with Crippen LogP contribution in [0.15, 0.2) is 42.5 Å². The van der Waals surface area contributed by atoms with Gasteiger partial charge in [0.1, 0.15) is 5.75 Å². The Bertz CT molecular complexity index is 820. The first-order chi connectivity index (χ1) is 10.8. The minimum Gasteiger partial charge on any atom is -0.497 e. The molecule has 0 heterocycles. The molecule has 0 saturated carbocycles. The zero-order valence-electron chi connectivity index (χ0n) is 12.5. The maximum Gasteiger partial charge on any atom is 0.257 e. The average molecular weight is 355 g/mol. The Morgan fingerprint density at radius 2 is 1.70 bits per heavy atom. The summed E-state index contributed by atoms with van der Waals surface area (Å²) < 4.78 is 29.7. The van der Waals surface area contributed by atoms with Crippen molar-refractivity contribution in [2.45, 2.75) is 0 Å². The van der Waals surface area contributed by atoms with Gasteiger partial charge in [0.25, 0.3) is 5.91 Å². The van der Waals surface area contributed by atoms with Crippen molar-refractivity contribution in [2.24, 2.45) is 0 Å². The van der Waals surface area contributed by atoms with Crippen molar-refractivity contribution in [3.8, 4) is 5.75 Å². The van der Waals surface area contributed by atoms with Gasteiger partial charge in [-0.25, -0.2) is 8.42 Å². The number of amides is 1. The number of benzene rings is 2. The van der Waals surface area contributed by atoms with E-state index in [1.807, 2.05) is 0 Å². The SMILES string of the molecule is COc1ccc(NC(=O)c2ccc(NS(C)(=O)=O)cc2Cl)cc1. The topological polar surface area (TPSA) is 84.5 Å². The van der Waals surface area contributed by atoms with Crippen molar-refractivity contribution in [1.29, 1.82) is 0 Å². The van der Waals surface area contributed by atoms with Crippen LogP contribution in [0.25, 0.3) is 0 Å². The van der Waals surface area contributed by atoms with E-state index in [0.29, 0.717) is 17.1 Å². The molecule has 0 fully saturated rings. The van der Waals surface area contributed by atoms with Crippen LogP contribution < -0.4 is 14.8 Å². The number of carbonyl (C=O) groups is 1. The molecule has 2 aromatic carbocycles. The van der Waals surface area contributed by atoms with E-state index < -0.39 is 15.9 Å². The minimum absolute atomic E-state index is 0.143. The summed E-state index contributed by atoms with van der Waals surface area (Å²) in [5.41, 5.74) is 1.12. The second kappa shape index (κ2) is 6.89. The molecule has 0 radical (unpaired) electrons. The van der Waals surface area contributed by atoms with Crippen molar-refractivity contribution in [2.75, 3.05) is 23.4 Å². The summed E-state index contributed by atoms with van der Waals surface area (Å²) in [6.45, 7) is 0. The Labute approximate surface area is 139 Å². The summed E-state index contributed by atoms with van der Waals surface area (Å²) in [6.07, 6.45) is 1.03. The number of halogens is 1. The Morgan fingerprint density at radius 1 is 1.09 bits per heavy atom. The van der Waals surface area contributed by atoms with Crippen LogP contribution in [-0.4, -0.2) is 27.7 Å². The van der Waals surface area contributed by atoms with Crippen molar-refractivity contribution in [3.63, 3.8) is 0 Å². The summed E-state index contributed by atoms with van der Waals surface area (Å²) in [5, 5.41) is 2.84. The van der Waals surface area contributed by atoms with Crippen molar-refractivity contribution >= 4 is 38.9 Å². The Kier molecular flexibility index (Phi) is 5.12. The van der Waals surface area contributed by atoms with Crippen molar-refractivity contribution in [1.82, 2.24) is 0 Å². The van der Waals surface area contributed by atoms with Gasteiger partial charge < -0.3 is 10.1 Å². The molecule has 0 spiro atoms. The van der Waals surface area contributed by atoms with Crippen LogP contribution in [0.4, 0.5) is 11.4 Å². The first-order valence-corrected chi connectivity index (χ1v) is 8.78. The molecule has 0 bridgehead atoms. The van der Waals surface area contributed by atoms with E-state index in [-0.39, 0.29) is 10.6 Å². The Morgan fingerprint density at radius 3 is 2.22 bits per heavy atom. The number of sulfonamides is 1. The molecule has 0 aliphatic carbocycles. The lowest BCUT2D eigenvalue weighted by atomic mass is 10.2. The summed E-state index contributed by atoms with van der Waals surface area (Å²) in [4.78, 5) is 12.2. The molecule has 2 aromatic rings. The normalized spacial score (nSPS) is 10.9. The number of rotatable bonds is 5. The van der Waals surface area contributed by atoms with Crippen LogP contribution in [-0.2, 0) is 10.0 Å². The largest absolute Gasteiger partial charge is 0.497 e. The van der Waals surface area contributed by atoms with Gasteiger partial charge in [-0.05, 0) is 42.5 Å². The van der Waals surface area contributed by atoms with Gasteiger partial charge in [0.15, 0.2) is 0 Å². The van der Waals surface area contributed by atoms with E-state index in [9.17, 15) is 13.2 Å². The molecular formula is C15H15ClN2O4S. The molecular weight excluding hydrogens is 340 g/mol. The first kappa shape index (κ1) is 17.1. The number of nitrogens with one attached hydrogen (secondary N) is 2.